The Morgan fingerprint density at radius 2 is 2.14 bits per heavy atom. The lowest BCUT2D eigenvalue weighted by Crippen LogP contribution is -2.07. The monoisotopic (exact) mass is 184 g/mol. The van der Waals surface area contributed by atoms with Crippen molar-refractivity contribution in [3.8, 4) is 0 Å². The Morgan fingerprint density at radius 3 is 2.14 bits per heavy atom. The maximum Gasteiger partial charge on any atom is 0.0432 e. The molecular weight excluding hydrogens is 175 g/mol. The van der Waals surface area contributed by atoms with E-state index >= 15 is 0 Å². The SMILES string of the molecule is CC[C@@H](Br)C(C)Cl. The third-order valence-electron chi connectivity index (χ3n) is 0.888. The van der Waals surface area contributed by atoms with Crippen molar-refractivity contribution in [1.82, 2.24) is 0 Å². The molecule has 2 heteroatoms. The van der Waals surface area contributed by atoms with Crippen LogP contribution in [-0.2, 0) is 0 Å². The molecule has 0 aromatic heterocycles. The minimum atomic E-state index is 0.255. The first-order valence-electron chi connectivity index (χ1n) is 2.46. The molecule has 0 aliphatic carbocycles. The lowest BCUT2D eigenvalue weighted by Gasteiger charge is -2.06. The van der Waals surface area contributed by atoms with Gasteiger partial charge in [0, 0.05) is 10.2 Å². The molecule has 7 heavy (non-hydrogen) atoms. The highest BCUT2D eigenvalue weighted by Gasteiger charge is 2.05. The summed E-state index contributed by atoms with van der Waals surface area (Å²) in [6.07, 6.45) is 1.10. The zero-order valence-corrected chi connectivity index (χ0v) is 6.96. The third-order valence-corrected chi connectivity index (χ3v) is 2.94. The Morgan fingerprint density at radius 1 is 1.71 bits per heavy atom. The summed E-state index contributed by atoms with van der Waals surface area (Å²) < 4.78 is 0. The van der Waals surface area contributed by atoms with Crippen molar-refractivity contribution in [2.75, 3.05) is 0 Å². The van der Waals surface area contributed by atoms with Gasteiger partial charge in [0.05, 0.1) is 0 Å². The molecule has 0 fully saturated rings. The van der Waals surface area contributed by atoms with Crippen LogP contribution in [0.5, 0.6) is 0 Å². The number of alkyl halides is 2. The van der Waals surface area contributed by atoms with Crippen LogP contribution < -0.4 is 0 Å². The summed E-state index contributed by atoms with van der Waals surface area (Å²) in [5.74, 6) is 0. The second-order valence-corrected chi connectivity index (χ2v) is 3.47. The predicted molar refractivity (Wildman–Crippen MR) is 38.3 cm³/mol. The molecule has 44 valence electrons. The summed E-state index contributed by atoms with van der Waals surface area (Å²) in [6, 6.07) is 0. The van der Waals surface area contributed by atoms with Crippen molar-refractivity contribution in [3.63, 3.8) is 0 Å². The van der Waals surface area contributed by atoms with E-state index in [1.807, 2.05) is 6.92 Å². The van der Waals surface area contributed by atoms with Gasteiger partial charge in [-0.15, -0.1) is 11.6 Å². The fraction of sp³-hybridized carbons (Fsp3) is 1.00. The van der Waals surface area contributed by atoms with Crippen LogP contribution in [0.2, 0.25) is 0 Å². The van der Waals surface area contributed by atoms with Gasteiger partial charge < -0.3 is 0 Å². The van der Waals surface area contributed by atoms with E-state index in [1.165, 1.54) is 0 Å². The van der Waals surface area contributed by atoms with Crippen LogP contribution in [0.3, 0.4) is 0 Å². The van der Waals surface area contributed by atoms with E-state index in [0.717, 1.165) is 6.42 Å². The van der Waals surface area contributed by atoms with Gasteiger partial charge >= 0.3 is 0 Å². The largest absolute Gasteiger partial charge is 0.122 e. The Kier molecular flexibility index (Phi) is 4.14. The number of rotatable bonds is 2. The van der Waals surface area contributed by atoms with Crippen LogP contribution in [0.1, 0.15) is 20.3 Å². The first-order chi connectivity index (χ1) is 3.18. The zero-order chi connectivity index (χ0) is 5.86. The fourth-order valence-corrected chi connectivity index (χ4v) is 0.503. The average molecular weight is 185 g/mol. The molecular formula is C5H10BrCl. The molecule has 0 amide bonds. The van der Waals surface area contributed by atoms with E-state index in [4.69, 9.17) is 11.6 Å². The molecule has 1 unspecified atom stereocenters. The molecule has 0 spiro atoms. The van der Waals surface area contributed by atoms with Gasteiger partial charge in [-0.2, -0.15) is 0 Å². The van der Waals surface area contributed by atoms with Crippen molar-refractivity contribution >= 4 is 27.5 Å². The second-order valence-electron chi connectivity index (χ2n) is 1.60. The molecule has 0 radical (unpaired) electrons. The molecule has 0 aromatic rings. The number of halogens is 2. The normalized spacial score (nSPS) is 18.9. The van der Waals surface area contributed by atoms with Crippen LogP contribution in [-0.4, -0.2) is 10.2 Å². The lowest BCUT2D eigenvalue weighted by molar-refractivity contribution is 0.813. The number of hydrogen-bond donors (Lipinski definition) is 0. The van der Waals surface area contributed by atoms with E-state index in [9.17, 15) is 0 Å². The Labute approximate surface area is 58.4 Å². The van der Waals surface area contributed by atoms with Gasteiger partial charge in [0.25, 0.3) is 0 Å². The maximum atomic E-state index is 5.68. The van der Waals surface area contributed by atoms with E-state index in [0.29, 0.717) is 4.83 Å². The zero-order valence-electron chi connectivity index (χ0n) is 4.62. The Balaban J connectivity index is 3.14. The smallest absolute Gasteiger partial charge is 0.0432 e. The van der Waals surface area contributed by atoms with Gasteiger partial charge in [-0.25, -0.2) is 0 Å². The van der Waals surface area contributed by atoms with Crippen LogP contribution >= 0.6 is 27.5 Å². The molecule has 0 aliphatic heterocycles. The lowest BCUT2D eigenvalue weighted by atomic mass is 10.3. The quantitative estimate of drug-likeness (QED) is 0.581. The molecule has 0 aliphatic rings. The minimum Gasteiger partial charge on any atom is -0.122 e. The first-order valence-corrected chi connectivity index (χ1v) is 3.81. The molecule has 0 saturated heterocycles. The molecule has 0 rings (SSSR count). The predicted octanol–water partition coefficient (Wildman–Crippen LogP) is 2.79. The highest BCUT2D eigenvalue weighted by atomic mass is 79.9. The summed E-state index contributed by atoms with van der Waals surface area (Å²) in [4.78, 5) is 0.481. The van der Waals surface area contributed by atoms with Crippen molar-refractivity contribution in [2.24, 2.45) is 0 Å². The molecule has 0 aromatic carbocycles. The van der Waals surface area contributed by atoms with Gasteiger partial charge in [-0.05, 0) is 13.3 Å². The van der Waals surface area contributed by atoms with E-state index < -0.39 is 0 Å². The van der Waals surface area contributed by atoms with Gasteiger partial charge in [0.1, 0.15) is 0 Å². The minimum absolute atomic E-state index is 0.255. The summed E-state index contributed by atoms with van der Waals surface area (Å²) >= 11 is 9.09. The first kappa shape index (κ1) is 7.77. The summed E-state index contributed by atoms with van der Waals surface area (Å²) in [6.45, 7) is 4.10. The van der Waals surface area contributed by atoms with E-state index in [-0.39, 0.29) is 5.38 Å². The van der Waals surface area contributed by atoms with Crippen molar-refractivity contribution in [3.05, 3.63) is 0 Å². The van der Waals surface area contributed by atoms with E-state index in [2.05, 4.69) is 22.9 Å². The molecule has 2 atom stereocenters. The van der Waals surface area contributed by atoms with Crippen LogP contribution in [0, 0.1) is 0 Å². The number of hydrogen-bond acceptors (Lipinski definition) is 0. The maximum absolute atomic E-state index is 5.68. The van der Waals surface area contributed by atoms with Crippen molar-refractivity contribution < 1.29 is 0 Å². The topological polar surface area (TPSA) is 0 Å². The molecule has 0 bridgehead atoms. The highest BCUT2D eigenvalue weighted by Crippen LogP contribution is 2.13. The molecule has 0 heterocycles. The summed E-state index contributed by atoms with van der Waals surface area (Å²) in [5.41, 5.74) is 0. The van der Waals surface area contributed by atoms with Gasteiger partial charge in [0.2, 0.25) is 0 Å². The van der Waals surface area contributed by atoms with Crippen LogP contribution in [0.25, 0.3) is 0 Å². The van der Waals surface area contributed by atoms with Gasteiger partial charge in [-0.1, -0.05) is 22.9 Å². The van der Waals surface area contributed by atoms with Gasteiger partial charge in [0.15, 0.2) is 0 Å². The van der Waals surface area contributed by atoms with Crippen molar-refractivity contribution in [2.45, 2.75) is 30.5 Å². The summed E-state index contributed by atoms with van der Waals surface area (Å²) in [7, 11) is 0. The van der Waals surface area contributed by atoms with E-state index in [1.54, 1.807) is 0 Å². The summed E-state index contributed by atoms with van der Waals surface area (Å²) in [5, 5.41) is 0.255. The standard InChI is InChI=1S/C5H10BrCl/c1-3-5(6)4(2)7/h4-5H,3H2,1-2H3/t4?,5-/m1/s1. The Hall–Kier alpha value is 0.770. The highest BCUT2D eigenvalue weighted by molar-refractivity contribution is 9.09. The average Bonchev–Trinajstić information content (AvgIpc) is 1.65. The fourth-order valence-electron chi connectivity index (χ4n) is 0.325. The third kappa shape index (κ3) is 3.36. The molecule has 0 N–H and O–H groups in total. The second kappa shape index (κ2) is 3.73. The van der Waals surface area contributed by atoms with Crippen molar-refractivity contribution in [1.29, 1.82) is 0 Å². The van der Waals surface area contributed by atoms with Gasteiger partial charge in [-0.3, -0.25) is 0 Å². The molecule has 0 nitrogen and oxygen atoms in total. The Bertz CT molecular complexity index is 45.3. The van der Waals surface area contributed by atoms with Crippen LogP contribution in [0.4, 0.5) is 0 Å². The van der Waals surface area contributed by atoms with Crippen LogP contribution in [0.15, 0.2) is 0 Å². The molecule has 0 saturated carbocycles.